The van der Waals surface area contributed by atoms with Crippen LogP contribution < -0.4 is 0 Å². The van der Waals surface area contributed by atoms with Crippen molar-refractivity contribution in [2.24, 2.45) is 0 Å². The van der Waals surface area contributed by atoms with E-state index in [0.29, 0.717) is 13.0 Å². The van der Waals surface area contributed by atoms with Crippen LogP contribution in [0.4, 0.5) is 0 Å². The minimum absolute atomic E-state index is 0.0264. The van der Waals surface area contributed by atoms with Gasteiger partial charge < -0.3 is 9.84 Å². The van der Waals surface area contributed by atoms with Gasteiger partial charge in [-0.3, -0.25) is 4.79 Å². The highest BCUT2D eigenvalue weighted by Crippen LogP contribution is 2.51. The van der Waals surface area contributed by atoms with E-state index in [1.807, 2.05) is 37.3 Å². The topological polar surface area (TPSA) is 46.5 Å². The van der Waals surface area contributed by atoms with Gasteiger partial charge in [0, 0.05) is 10.3 Å². The summed E-state index contributed by atoms with van der Waals surface area (Å²) in [6, 6.07) is 29.6. The third kappa shape index (κ3) is 6.03. The molecule has 37 heavy (non-hydrogen) atoms. The first-order valence-corrected chi connectivity index (χ1v) is 14.1. The summed E-state index contributed by atoms with van der Waals surface area (Å²) in [5, 5.41) is 12.6. The van der Waals surface area contributed by atoms with E-state index in [4.69, 9.17) is 4.74 Å². The maximum absolute atomic E-state index is 12.0. The van der Waals surface area contributed by atoms with E-state index in [2.05, 4.69) is 60.0 Å². The number of hydrogen-bond acceptors (Lipinski definition) is 4. The second-order valence-electron chi connectivity index (χ2n) is 10.0. The van der Waals surface area contributed by atoms with Crippen LogP contribution in [-0.2, 0) is 21.4 Å². The molecule has 1 aromatic heterocycles. The molecular weight excluding hydrogens is 476 g/mol. The molecule has 1 saturated carbocycles. The first-order valence-electron chi connectivity index (χ1n) is 13.2. The quantitative estimate of drug-likeness (QED) is 0.207. The minimum Gasteiger partial charge on any atom is -0.466 e. The number of carbonyl (C=O) groups is 1. The zero-order valence-corrected chi connectivity index (χ0v) is 22.2. The standard InChI is InChI=1S/C33H34O3S/c1-2-36-31(35)23-33(20-21-33)29-17-15-25(16-18-29)24-11-13-28(14-12-24)32-27(19-22-37-32)9-6-10-30(34)26-7-4-3-5-8-26/h3-5,7-8,11-19,22,30,34H,2,6,9-10,20-21,23H2,1H3. The predicted octanol–water partition coefficient (Wildman–Crippen LogP) is 8.12. The average molecular weight is 511 g/mol. The highest BCUT2D eigenvalue weighted by atomic mass is 32.1. The lowest BCUT2D eigenvalue weighted by molar-refractivity contribution is -0.143. The van der Waals surface area contributed by atoms with Crippen LogP contribution in [0.2, 0.25) is 0 Å². The number of carbonyl (C=O) groups excluding carboxylic acids is 1. The van der Waals surface area contributed by atoms with E-state index in [9.17, 15) is 9.90 Å². The summed E-state index contributed by atoms with van der Waals surface area (Å²) in [5.41, 5.74) is 7.16. The van der Waals surface area contributed by atoms with Crippen molar-refractivity contribution in [3.05, 3.63) is 107 Å². The van der Waals surface area contributed by atoms with E-state index < -0.39 is 6.10 Å². The normalized spacial score (nSPS) is 14.8. The number of aryl methyl sites for hydroxylation is 1. The summed E-state index contributed by atoms with van der Waals surface area (Å²) in [6.45, 7) is 2.30. The van der Waals surface area contributed by atoms with Crippen LogP contribution in [0.15, 0.2) is 90.3 Å². The van der Waals surface area contributed by atoms with Crippen molar-refractivity contribution in [2.45, 2.75) is 57.0 Å². The fourth-order valence-corrected chi connectivity index (χ4v) is 6.11. The lowest BCUT2D eigenvalue weighted by atomic mass is 9.90. The van der Waals surface area contributed by atoms with Gasteiger partial charge in [-0.1, -0.05) is 78.9 Å². The first kappa shape index (κ1) is 25.4. The third-order valence-corrected chi connectivity index (χ3v) is 8.48. The smallest absolute Gasteiger partial charge is 0.306 e. The van der Waals surface area contributed by atoms with Gasteiger partial charge in [0.05, 0.1) is 19.1 Å². The number of aliphatic hydroxyl groups excluding tert-OH is 1. The fourth-order valence-electron chi connectivity index (χ4n) is 5.15. The Morgan fingerprint density at radius 3 is 2.22 bits per heavy atom. The lowest BCUT2D eigenvalue weighted by Crippen LogP contribution is -2.15. The van der Waals surface area contributed by atoms with Crippen LogP contribution >= 0.6 is 11.3 Å². The number of esters is 1. The molecule has 4 heteroatoms. The Kier molecular flexibility index (Phi) is 7.87. The Morgan fingerprint density at radius 2 is 1.57 bits per heavy atom. The molecule has 0 spiro atoms. The molecule has 1 aliphatic rings. The molecule has 4 aromatic rings. The third-order valence-electron chi connectivity index (χ3n) is 7.47. The van der Waals surface area contributed by atoms with Gasteiger partial charge in [-0.2, -0.15) is 0 Å². The Balaban J connectivity index is 1.21. The number of thiophene rings is 1. The molecule has 1 heterocycles. The van der Waals surface area contributed by atoms with Crippen LogP contribution in [0.1, 0.15) is 61.8 Å². The summed E-state index contributed by atoms with van der Waals surface area (Å²) >= 11 is 1.78. The molecule has 190 valence electrons. The molecule has 0 radical (unpaired) electrons. The summed E-state index contributed by atoms with van der Waals surface area (Å²) in [6.07, 6.45) is 4.83. The van der Waals surface area contributed by atoms with Gasteiger partial charge in [0.1, 0.15) is 0 Å². The Morgan fingerprint density at radius 1 is 0.919 bits per heavy atom. The van der Waals surface area contributed by atoms with Gasteiger partial charge in [0.2, 0.25) is 0 Å². The van der Waals surface area contributed by atoms with Gasteiger partial charge in [0.25, 0.3) is 0 Å². The highest BCUT2D eigenvalue weighted by molar-refractivity contribution is 7.13. The van der Waals surface area contributed by atoms with Gasteiger partial charge in [0.15, 0.2) is 0 Å². The summed E-state index contributed by atoms with van der Waals surface area (Å²) in [5.74, 6) is -0.0972. The largest absolute Gasteiger partial charge is 0.466 e. The van der Waals surface area contributed by atoms with Crippen molar-refractivity contribution in [1.29, 1.82) is 0 Å². The predicted molar refractivity (Wildman–Crippen MR) is 152 cm³/mol. The molecule has 1 unspecified atom stereocenters. The zero-order valence-electron chi connectivity index (χ0n) is 21.4. The van der Waals surface area contributed by atoms with Crippen molar-refractivity contribution in [3.8, 4) is 21.6 Å². The van der Waals surface area contributed by atoms with Crippen molar-refractivity contribution in [1.82, 2.24) is 0 Å². The van der Waals surface area contributed by atoms with Crippen molar-refractivity contribution < 1.29 is 14.6 Å². The van der Waals surface area contributed by atoms with Crippen LogP contribution in [0.3, 0.4) is 0 Å². The van der Waals surface area contributed by atoms with Gasteiger partial charge in [-0.15, -0.1) is 11.3 Å². The van der Waals surface area contributed by atoms with Gasteiger partial charge in [-0.05, 0) is 83.9 Å². The Labute approximate surface area is 223 Å². The van der Waals surface area contributed by atoms with Crippen LogP contribution in [0.25, 0.3) is 21.6 Å². The van der Waals surface area contributed by atoms with E-state index >= 15 is 0 Å². The molecule has 0 amide bonds. The molecule has 1 atom stereocenters. The van der Waals surface area contributed by atoms with Crippen molar-refractivity contribution in [3.63, 3.8) is 0 Å². The van der Waals surface area contributed by atoms with Crippen LogP contribution in [0, 0.1) is 0 Å². The molecule has 3 nitrogen and oxygen atoms in total. The highest BCUT2D eigenvalue weighted by Gasteiger charge is 2.46. The van der Waals surface area contributed by atoms with Gasteiger partial charge in [-0.25, -0.2) is 0 Å². The average Bonchev–Trinajstić information content (AvgIpc) is 3.56. The van der Waals surface area contributed by atoms with E-state index in [1.165, 1.54) is 32.7 Å². The number of hydrogen-bond donors (Lipinski definition) is 1. The van der Waals surface area contributed by atoms with Crippen LogP contribution in [0.5, 0.6) is 0 Å². The molecule has 0 saturated heterocycles. The monoisotopic (exact) mass is 510 g/mol. The Hall–Kier alpha value is -3.21. The van der Waals surface area contributed by atoms with E-state index in [1.54, 1.807) is 11.3 Å². The minimum atomic E-state index is -0.408. The molecule has 1 aliphatic carbocycles. The molecule has 0 aliphatic heterocycles. The first-order chi connectivity index (χ1) is 18.1. The molecular formula is C33H34O3S. The summed E-state index contributed by atoms with van der Waals surface area (Å²) < 4.78 is 5.18. The van der Waals surface area contributed by atoms with E-state index in [0.717, 1.165) is 37.7 Å². The number of ether oxygens (including phenoxy) is 1. The van der Waals surface area contributed by atoms with Crippen molar-refractivity contribution in [2.75, 3.05) is 6.61 Å². The maximum Gasteiger partial charge on any atom is 0.306 e. The summed E-state index contributed by atoms with van der Waals surface area (Å²) in [7, 11) is 0. The maximum atomic E-state index is 12.0. The molecule has 0 bridgehead atoms. The van der Waals surface area contributed by atoms with Crippen LogP contribution in [-0.4, -0.2) is 17.7 Å². The van der Waals surface area contributed by atoms with E-state index in [-0.39, 0.29) is 11.4 Å². The Bertz CT molecular complexity index is 1300. The number of benzene rings is 3. The molecule has 1 N–H and O–H groups in total. The second-order valence-corrected chi connectivity index (χ2v) is 10.9. The van der Waals surface area contributed by atoms with Gasteiger partial charge >= 0.3 is 5.97 Å². The zero-order chi connectivity index (χ0) is 25.7. The number of aliphatic hydroxyl groups is 1. The lowest BCUT2D eigenvalue weighted by Gasteiger charge is -2.15. The van der Waals surface area contributed by atoms with Crippen molar-refractivity contribution >= 4 is 17.3 Å². The second kappa shape index (κ2) is 11.5. The molecule has 5 rings (SSSR count). The summed E-state index contributed by atoms with van der Waals surface area (Å²) in [4.78, 5) is 13.3. The molecule has 3 aromatic carbocycles. The fraction of sp³-hybridized carbons (Fsp3) is 0.303. The molecule has 1 fully saturated rings. The number of rotatable bonds is 11. The SMILES string of the molecule is CCOC(=O)CC1(c2ccc(-c3ccc(-c4sccc4CCCC(O)c4ccccc4)cc3)cc2)CC1.